The van der Waals surface area contributed by atoms with Crippen molar-refractivity contribution in [3.8, 4) is 17.3 Å². The first-order valence-corrected chi connectivity index (χ1v) is 14.8. The fourth-order valence-electron chi connectivity index (χ4n) is 5.89. The number of hydrogen-bond acceptors (Lipinski definition) is 10. The Morgan fingerprint density at radius 1 is 1.00 bits per heavy atom. The summed E-state index contributed by atoms with van der Waals surface area (Å²) in [5, 5.41) is 9.55. The Hall–Kier alpha value is -5.50. The number of rotatable bonds is 9. The summed E-state index contributed by atoms with van der Waals surface area (Å²) in [4.78, 5) is 27.7. The van der Waals surface area contributed by atoms with E-state index in [1.807, 2.05) is 24.3 Å². The summed E-state index contributed by atoms with van der Waals surface area (Å²) in [5.74, 6) is 0.712. The molecule has 0 saturated carbocycles. The fraction of sp³-hybridized carbons (Fsp3) is 0.281. The maximum absolute atomic E-state index is 15.6. The molecule has 1 saturated heterocycles. The van der Waals surface area contributed by atoms with Crippen LogP contribution in [0.25, 0.3) is 28.3 Å². The third kappa shape index (κ3) is 4.96. The van der Waals surface area contributed by atoms with Crippen LogP contribution in [0, 0.1) is 5.82 Å². The highest BCUT2D eigenvalue weighted by molar-refractivity contribution is 5.94. The number of methoxy groups -OCH3 is 1. The number of furan rings is 1. The van der Waals surface area contributed by atoms with Crippen LogP contribution < -0.4 is 15.4 Å². The van der Waals surface area contributed by atoms with E-state index in [1.165, 1.54) is 21.5 Å². The lowest BCUT2D eigenvalue weighted by Gasteiger charge is -2.41. The van der Waals surface area contributed by atoms with Crippen LogP contribution in [0.4, 0.5) is 16.0 Å². The predicted octanol–water partition coefficient (Wildman–Crippen LogP) is 3.59. The number of halogens is 1. The van der Waals surface area contributed by atoms with Crippen LogP contribution in [-0.4, -0.2) is 86.7 Å². The average Bonchev–Trinajstić information content (AvgIpc) is 3.85. The lowest BCUT2D eigenvalue weighted by Crippen LogP contribution is -2.56. The molecule has 1 atom stereocenters. The Balaban J connectivity index is 1.21. The highest BCUT2D eigenvalue weighted by atomic mass is 19.1. The van der Waals surface area contributed by atoms with Gasteiger partial charge in [-0.25, -0.2) is 14.1 Å². The summed E-state index contributed by atoms with van der Waals surface area (Å²) >= 11 is 0. The smallest absolute Gasteiger partial charge is 0.255 e. The number of carbonyl (C=O) groups excluding carboxylic acids is 1. The van der Waals surface area contributed by atoms with Crippen molar-refractivity contribution >= 4 is 34.2 Å². The fourth-order valence-corrected chi connectivity index (χ4v) is 5.89. The third-order valence-electron chi connectivity index (χ3n) is 8.33. The second kappa shape index (κ2) is 11.8. The molecular weight excluding hydrogens is 593 g/mol. The zero-order chi connectivity index (χ0) is 31.8. The van der Waals surface area contributed by atoms with Crippen LogP contribution in [0.2, 0.25) is 0 Å². The molecule has 236 valence electrons. The van der Waals surface area contributed by atoms with Crippen molar-refractivity contribution in [2.75, 3.05) is 57.1 Å². The number of carbonyl (C=O) groups is 1. The molecule has 13 nitrogen and oxygen atoms in total. The van der Waals surface area contributed by atoms with Gasteiger partial charge < -0.3 is 29.4 Å². The Morgan fingerprint density at radius 3 is 2.50 bits per heavy atom. The number of ether oxygens (including phenoxy) is 2. The third-order valence-corrected chi connectivity index (χ3v) is 8.33. The van der Waals surface area contributed by atoms with Crippen LogP contribution in [0.15, 0.2) is 77.5 Å². The average molecular weight is 626 g/mol. The quantitative estimate of drug-likeness (QED) is 0.237. The van der Waals surface area contributed by atoms with Crippen molar-refractivity contribution < 1.29 is 23.1 Å². The van der Waals surface area contributed by atoms with Gasteiger partial charge in [-0.05, 0) is 49.4 Å². The van der Waals surface area contributed by atoms with Crippen molar-refractivity contribution in [1.29, 1.82) is 0 Å². The van der Waals surface area contributed by atoms with E-state index in [0.717, 1.165) is 11.4 Å². The molecule has 1 aliphatic rings. The molecule has 14 heteroatoms. The largest absolute Gasteiger partial charge is 0.491 e. The minimum Gasteiger partial charge on any atom is -0.491 e. The normalized spacial score (nSPS) is 15.0. The van der Waals surface area contributed by atoms with Crippen molar-refractivity contribution in [2.24, 2.45) is 0 Å². The minimum absolute atomic E-state index is 0.0293. The van der Waals surface area contributed by atoms with E-state index in [9.17, 15) is 4.79 Å². The molecule has 7 rings (SSSR count). The van der Waals surface area contributed by atoms with Crippen molar-refractivity contribution in [3.05, 3.63) is 84.5 Å². The van der Waals surface area contributed by atoms with Crippen molar-refractivity contribution in [1.82, 2.24) is 34.3 Å². The molecule has 1 aliphatic heterocycles. The topological polar surface area (TPSA) is 142 Å². The van der Waals surface area contributed by atoms with E-state index < -0.39 is 11.4 Å². The molecule has 2 aromatic carbocycles. The molecule has 2 N–H and O–H groups in total. The van der Waals surface area contributed by atoms with Gasteiger partial charge in [0.1, 0.15) is 18.2 Å². The van der Waals surface area contributed by atoms with Gasteiger partial charge in [0.15, 0.2) is 22.6 Å². The first kappa shape index (κ1) is 29.2. The number of amides is 1. The predicted molar refractivity (Wildman–Crippen MR) is 168 cm³/mol. The number of anilines is 2. The van der Waals surface area contributed by atoms with Gasteiger partial charge in [-0.15, -0.1) is 5.10 Å². The lowest BCUT2D eigenvalue weighted by molar-refractivity contribution is -0.138. The van der Waals surface area contributed by atoms with Crippen molar-refractivity contribution in [2.45, 2.75) is 12.5 Å². The second-order valence-corrected chi connectivity index (χ2v) is 11.1. The monoisotopic (exact) mass is 625 g/mol. The van der Waals surface area contributed by atoms with E-state index in [4.69, 9.17) is 19.6 Å². The molecule has 1 amide bonds. The van der Waals surface area contributed by atoms with E-state index in [0.29, 0.717) is 62.0 Å². The van der Waals surface area contributed by atoms with Crippen LogP contribution in [0.1, 0.15) is 12.5 Å². The zero-order valence-corrected chi connectivity index (χ0v) is 25.3. The molecule has 1 fully saturated rings. The maximum Gasteiger partial charge on any atom is 0.255 e. The van der Waals surface area contributed by atoms with Gasteiger partial charge in [0.05, 0.1) is 24.5 Å². The van der Waals surface area contributed by atoms with Gasteiger partial charge in [0.2, 0.25) is 11.8 Å². The first-order chi connectivity index (χ1) is 22.4. The molecule has 46 heavy (non-hydrogen) atoms. The van der Waals surface area contributed by atoms with Gasteiger partial charge in [-0.2, -0.15) is 14.6 Å². The number of benzene rings is 2. The molecule has 4 aromatic heterocycles. The van der Waals surface area contributed by atoms with Crippen LogP contribution in [-0.2, 0) is 15.1 Å². The van der Waals surface area contributed by atoms with Crippen molar-refractivity contribution in [3.63, 3.8) is 0 Å². The van der Waals surface area contributed by atoms with Gasteiger partial charge >= 0.3 is 0 Å². The number of fused-ring (bicyclic) bond motifs is 3. The summed E-state index contributed by atoms with van der Waals surface area (Å²) in [6, 6.07) is 17.5. The Labute approximate surface area is 262 Å². The minimum atomic E-state index is -1.60. The Bertz CT molecular complexity index is 2000. The van der Waals surface area contributed by atoms with Crippen LogP contribution >= 0.6 is 0 Å². The Morgan fingerprint density at radius 2 is 1.78 bits per heavy atom. The Kier molecular flexibility index (Phi) is 7.48. The van der Waals surface area contributed by atoms with Gasteiger partial charge in [-0.3, -0.25) is 4.79 Å². The summed E-state index contributed by atoms with van der Waals surface area (Å²) < 4.78 is 34.6. The molecule has 0 bridgehead atoms. The van der Waals surface area contributed by atoms with E-state index in [-0.39, 0.29) is 23.1 Å². The lowest BCUT2D eigenvalue weighted by atomic mass is 9.89. The van der Waals surface area contributed by atoms with Gasteiger partial charge in [-0.1, -0.05) is 18.2 Å². The molecular formula is C32H32FN9O4. The van der Waals surface area contributed by atoms with E-state index in [2.05, 4.69) is 25.1 Å². The number of nitrogens with zero attached hydrogens (tertiary/aromatic N) is 8. The molecule has 0 radical (unpaired) electrons. The number of nitrogen functional groups attached to an aromatic ring is 1. The standard InChI is InChI=1S/C32H32FN9O4/c1-32(24-6-3-4-7-25(24)33,30(43)40-15-13-39(14-16-40)21-9-11-22(12-10-21)45-19-18-44-2)42-29-23(20-35-42)28-36-27(26-8-5-17-46-26)38-41(28)31(34)37-29/h3-12,17,20H,13-16,18-19H2,1-2H3,(H2,34,37). The van der Waals surface area contributed by atoms with Crippen LogP contribution in [0.3, 0.4) is 0 Å². The molecule has 0 spiro atoms. The van der Waals surface area contributed by atoms with Crippen LogP contribution in [0.5, 0.6) is 5.75 Å². The maximum atomic E-state index is 15.6. The first-order valence-electron chi connectivity index (χ1n) is 14.8. The molecule has 1 unspecified atom stereocenters. The summed E-state index contributed by atoms with van der Waals surface area (Å²) in [6.45, 7) is 4.66. The SMILES string of the molecule is COCCOc1ccc(N2CCN(C(=O)C(C)(c3ccccc3F)n3ncc4c3nc(N)n3nc(-c5ccco5)nc43)CC2)cc1. The van der Waals surface area contributed by atoms with Gasteiger partial charge in [0, 0.05) is 44.5 Å². The second-order valence-electron chi connectivity index (χ2n) is 11.1. The van der Waals surface area contributed by atoms with E-state index >= 15 is 4.39 Å². The summed E-state index contributed by atoms with van der Waals surface area (Å²) in [7, 11) is 1.63. The zero-order valence-electron chi connectivity index (χ0n) is 25.3. The number of aromatic nitrogens is 6. The number of nitrogens with two attached hydrogens (primary N) is 1. The highest BCUT2D eigenvalue weighted by Gasteiger charge is 2.45. The van der Waals surface area contributed by atoms with E-state index in [1.54, 1.807) is 55.5 Å². The molecule has 6 aromatic rings. The van der Waals surface area contributed by atoms with Gasteiger partial charge in [0.25, 0.3) is 5.91 Å². The summed E-state index contributed by atoms with van der Waals surface area (Å²) in [6.07, 6.45) is 3.07. The highest BCUT2D eigenvalue weighted by Crippen LogP contribution is 2.35. The molecule has 5 heterocycles. The number of hydrogen-bond donors (Lipinski definition) is 1. The molecule has 0 aliphatic carbocycles. The summed E-state index contributed by atoms with van der Waals surface area (Å²) in [5.41, 5.74) is 6.58. The number of piperazine rings is 1.